The van der Waals surface area contributed by atoms with Crippen molar-refractivity contribution in [1.29, 1.82) is 0 Å². The summed E-state index contributed by atoms with van der Waals surface area (Å²) in [7, 11) is -6.97. The van der Waals surface area contributed by atoms with E-state index < -0.39 is 80.0 Å². The van der Waals surface area contributed by atoms with E-state index >= 15 is 0 Å². The fourth-order valence-electron chi connectivity index (χ4n) is 5.34. The Morgan fingerprint density at radius 3 is 1.10 bits per heavy atom. The number of aliphatic hydroxyl groups is 1. The third kappa shape index (κ3) is 59.5. The number of Topliss-reactive ketones (excluding diaryl/α,β-unsaturated/α-hetero) is 3. The first kappa shape index (κ1) is 81.0. The highest BCUT2D eigenvalue weighted by Gasteiger charge is 2.09. The Kier molecular flexibility index (Phi) is 45.0. The van der Waals surface area contributed by atoms with Gasteiger partial charge < -0.3 is 71.9 Å². The van der Waals surface area contributed by atoms with E-state index in [9.17, 15) is 69.6 Å². The minimum absolute atomic E-state index is 0.0105. The van der Waals surface area contributed by atoms with Crippen molar-refractivity contribution < 1.29 is 116 Å². The molecule has 0 atom stereocenters. The molecule has 0 saturated heterocycles. The van der Waals surface area contributed by atoms with Crippen LogP contribution in [0.2, 0.25) is 0 Å². The molecule has 0 aromatic heterocycles. The van der Waals surface area contributed by atoms with Crippen molar-refractivity contribution in [2.75, 3.05) is 43.4 Å². The molecule has 0 heterocycles. The van der Waals surface area contributed by atoms with E-state index in [0.29, 0.717) is 36.0 Å². The standard InChI is InChI=1S/C13H16O3.C12H14O3.C9H9NO3.2C5H9NO4.C5H11NO3S.C3H7NO4S/c1-10(14)4-2-3-5-11-6-8-12(9-7-11)13(15)16;1-9(13)3-2-4-10-5-7-11(8-6-10)12(14)15;1-5(11)6-2-7(9(12)13)4-8(10)3-6;2*7-4(8)1-2-6-3-5(9)10;1-5(7)3-2-4-10(6,8)9;4-9(7,8)2-1-3(5)6/h6-9H,2-5H2,1H3,(H,15,16);5-8H,2-4H2,1H3,(H,14,15);2-4H,10H2,1H3,(H,12,13);2*6H,1-3H2,(H,7,8)(H,9,10);7H,1-4H2,(H2,6,8,9);1-2H2,(H,5,6)(H2,4,7,8). The summed E-state index contributed by atoms with van der Waals surface area (Å²) in [6.07, 6.45) is 5.70. The molecule has 29 nitrogen and oxygen atoms in total. The van der Waals surface area contributed by atoms with Crippen LogP contribution < -0.4 is 26.6 Å². The van der Waals surface area contributed by atoms with Gasteiger partial charge in [-0.15, -0.1) is 0 Å². The lowest BCUT2D eigenvalue weighted by Crippen LogP contribution is -2.24. The number of ketones is 3. The number of nitrogens with one attached hydrogen (secondary N) is 2. The fourth-order valence-corrected chi connectivity index (χ4v) is 6.34. The Morgan fingerprint density at radius 2 is 0.795 bits per heavy atom. The van der Waals surface area contributed by atoms with Crippen LogP contribution in [0.5, 0.6) is 0 Å². The number of allylic oxidation sites excluding steroid dienone is 1. The zero-order valence-electron chi connectivity index (χ0n) is 46.0. The number of hydrogen-bond donors (Lipinski definition) is 14. The van der Waals surface area contributed by atoms with Gasteiger partial charge in [-0.2, -0.15) is 0 Å². The first-order valence-corrected chi connectivity index (χ1v) is 27.9. The number of aryl methyl sites for hydroxylation is 2. The second-order valence-electron chi connectivity index (χ2n) is 17.1. The van der Waals surface area contributed by atoms with Gasteiger partial charge in [0.05, 0.1) is 66.3 Å². The van der Waals surface area contributed by atoms with E-state index in [0.717, 1.165) is 43.2 Å². The molecule has 0 saturated carbocycles. The number of hydrogen-bond acceptors (Lipinski definition) is 19. The summed E-state index contributed by atoms with van der Waals surface area (Å²) in [4.78, 5) is 113. The number of rotatable bonds is 30. The zero-order chi connectivity index (χ0) is 64.9. The number of sulfonamides is 2. The molecule has 3 rings (SSSR count). The minimum Gasteiger partial charge on any atom is -0.513 e. The van der Waals surface area contributed by atoms with Gasteiger partial charge in [0.1, 0.15) is 11.6 Å². The highest BCUT2D eigenvalue weighted by molar-refractivity contribution is 7.89. The van der Waals surface area contributed by atoms with E-state index in [1.165, 1.54) is 25.1 Å². The SMILES string of the molecule is C=C(O)CCCS(N)(=O)=O.CC(=O)CCCCc1ccc(C(=O)O)cc1.CC(=O)CCCc1ccc(C(=O)O)cc1.CC(=O)c1cc(N)cc(C(=O)O)c1.NS(=O)(=O)CCC(=O)O.O=C(O)CCNCC(=O)O.O=C(O)CCNCC(=O)O. The number of carboxylic acids is 8. The second-order valence-corrected chi connectivity index (χ2v) is 20.6. The van der Waals surface area contributed by atoms with Crippen molar-refractivity contribution in [3.8, 4) is 0 Å². The quantitative estimate of drug-likeness (QED) is 0.0197. The molecule has 0 bridgehead atoms. The topological polar surface area (TPSA) is 540 Å². The molecule has 3 aromatic rings. The number of aliphatic hydroxyl groups excluding tert-OH is 1. The van der Waals surface area contributed by atoms with Crippen molar-refractivity contribution in [3.05, 3.63) is 112 Å². The van der Waals surface area contributed by atoms with Crippen molar-refractivity contribution >= 4 is 90.8 Å². The first-order chi connectivity index (χ1) is 38.3. The van der Waals surface area contributed by atoms with Crippen LogP contribution in [-0.4, -0.2) is 166 Å². The molecule has 31 heteroatoms. The van der Waals surface area contributed by atoms with Gasteiger partial charge in [0.15, 0.2) is 5.78 Å². The lowest BCUT2D eigenvalue weighted by atomic mass is 10.0. The number of nitrogen functional groups attached to an aromatic ring is 1. The highest BCUT2D eigenvalue weighted by Crippen LogP contribution is 2.13. The van der Waals surface area contributed by atoms with Gasteiger partial charge in [-0.3, -0.25) is 28.8 Å². The maximum atomic E-state index is 10.9. The van der Waals surface area contributed by atoms with Crippen molar-refractivity contribution in [3.63, 3.8) is 0 Å². The molecule has 0 radical (unpaired) electrons. The van der Waals surface area contributed by atoms with Crippen LogP contribution in [0.1, 0.15) is 138 Å². The zero-order valence-corrected chi connectivity index (χ0v) is 47.6. The summed E-state index contributed by atoms with van der Waals surface area (Å²) in [6, 6.07) is 17.7. The van der Waals surface area contributed by atoms with Crippen molar-refractivity contribution in [2.45, 2.75) is 97.8 Å². The van der Waals surface area contributed by atoms with E-state index in [1.807, 2.05) is 12.1 Å². The number of nitrogens with two attached hydrogens (primary N) is 3. The average molecular weight is 1220 g/mol. The van der Waals surface area contributed by atoms with Crippen molar-refractivity contribution in [2.24, 2.45) is 10.3 Å². The Hall–Kier alpha value is -8.49. The third-order valence-electron chi connectivity index (χ3n) is 9.33. The molecule has 83 heavy (non-hydrogen) atoms. The Bertz CT molecular complexity index is 2710. The molecule has 17 N–H and O–H groups in total. The second kappa shape index (κ2) is 46.2. The number of carbonyl (C=O) groups is 11. The highest BCUT2D eigenvalue weighted by atomic mass is 32.2. The summed E-state index contributed by atoms with van der Waals surface area (Å²) in [5, 5.41) is 88.9. The number of benzene rings is 3. The Balaban J connectivity index is -0.000000444. The summed E-state index contributed by atoms with van der Waals surface area (Å²) >= 11 is 0. The average Bonchev–Trinajstić information content (AvgIpc) is 3.35. The molecule has 0 amide bonds. The lowest BCUT2D eigenvalue weighted by molar-refractivity contribution is -0.138. The monoisotopic (exact) mass is 1220 g/mol. The van der Waals surface area contributed by atoms with Crippen molar-refractivity contribution in [1.82, 2.24) is 10.6 Å². The van der Waals surface area contributed by atoms with Gasteiger partial charge in [0.25, 0.3) is 0 Å². The number of anilines is 1. The van der Waals surface area contributed by atoms with Crippen LogP contribution in [0.15, 0.2) is 79.1 Å². The molecular weight excluding hydrogens is 1140 g/mol. The molecule has 0 fully saturated rings. The predicted molar refractivity (Wildman–Crippen MR) is 301 cm³/mol. The summed E-state index contributed by atoms with van der Waals surface area (Å²) < 4.78 is 40.7. The molecule has 0 aliphatic carbocycles. The largest absolute Gasteiger partial charge is 0.513 e. The normalized spacial score (nSPS) is 10.0. The van der Waals surface area contributed by atoms with E-state index in [4.69, 9.17) is 51.7 Å². The van der Waals surface area contributed by atoms with E-state index in [1.54, 1.807) is 50.2 Å². The van der Waals surface area contributed by atoms with Gasteiger partial charge in [0.2, 0.25) is 20.0 Å². The molecule has 0 spiro atoms. The maximum absolute atomic E-state index is 10.9. The third-order valence-corrected chi connectivity index (χ3v) is 11.0. The van der Waals surface area contributed by atoms with Crippen LogP contribution in [0.3, 0.4) is 0 Å². The van der Waals surface area contributed by atoms with E-state index in [-0.39, 0.29) is 85.6 Å². The van der Waals surface area contributed by atoms with Crippen LogP contribution in [0, 0.1) is 0 Å². The minimum atomic E-state index is -3.60. The van der Waals surface area contributed by atoms with Crippen LogP contribution >= 0.6 is 0 Å². The van der Waals surface area contributed by atoms with Gasteiger partial charge >= 0.3 is 47.8 Å². The summed E-state index contributed by atoms with van der Waals surface area (Å²) in [5.41, 5.74) is 8.85. The van der Waals surface area contributed by atoms with E-state index in [2.05, 4.69) is 27.5 Å². The molecule has 0 aliphatic rings. The maximum Gasteiger partial charge on any atom is 0.335 e. The molecule has 464 valence electrons. The Labute approximate surface area is 479 Å². The molecular formula is C52H75N5O24S2. The van der Waals surface area contributed by atoms with Gasteiger partial charge in [-0.1, -0.05) is 30.8 Å². The number of aromatic carboxylic acids is 3. The fraction of sp³-hybridized carbons (Fsp3) is 0.404. The lowest BCUT2D eigenvalue weighted by Gasteiger charge is -2.01. The smallest absolute Gasteiger partial charge is 0.335 e. The Morgan fingerprint density at radius 1 is 0.434 bits per heavy atom. The number of carboxylic acid groups (broad SMARTS) is 8. The summed E-state index contributed by atoms with van der Waals surface area (Å²) in [5.74, 6) is -8.29. The number of unbranched alkanes of at least 4 members (excludes halogenated alkanes) is 1. The molecule has 3 aromatic carbocycles. The van der Waals surface area contributed by atoms with Crippen LogP contribution in [-0.2, 0) is 66.4 Å². The van der Waals surface area contributed by atoms with Gasteiger partial charge in [-0.25, -0.2) is 41.5 Å². The number of primary sulfonamides is 2. The van der Waals surface area contributed by atoms with Gasteiger partial charge in [0, 0.05) is 43.6 Å². The first-order valence-electron chi connectivity index (χ1n) is 24.4. The van der Waals surface area contributed by atoms with Crippen LogP contribution in [0.25, 0.3) is 0 Å². The van der Waals surface area contributed by atoms with Crippen LogP contribution in [0.4, 0.5) is 5.69 Å². The molecule has 0 unspecified atom stereocenters. The molecule has 0 aliphatic heterocycles. The van der Waals surface area contributed by atoms with Gasteiger partial charge in [-0.05, 0) is 113 Å². The predicted octanol–water partition coefficient (Wildman–Crippen LogP) is 3.30. The number of carbonyl (C=O) groups excluding carboxylic acids is 3. The number of aliphatic carboxylic acids is 5. The summed E-state index contributed by atoms with van der Waals surface area (Å²) in [6.45, 7) is 7.75.